The number of esters is 1. The highest BCUT2D eigenvalue weighted by atomic mass is 35.5. The van der Waals surface area contributed by atoms with E-state index in [0.717, 1.165) is 16.0 Å². The van der Waals surface area contributed by atoms with Crippen LogP contribution in [0.1, 0.15) is 17.2 Å². The number of fused-ring (bicyclic) bond motifs is 1. The SMILES string of the molecule is O=C(CSc1cc(Cl)nc(Cl)c1)N[C@@H]1C(=O)N2C(C(=O)OC(c3ccccc3)c3ccccc3)=C(CSc3cc[n+](CC(=O)C(=O)[O-])cc3)CS[C@H]12. The normalized spacial score (nSPS) is 16.6. The first-order valence-electron chi connectivity index (χ1n) is 15.7. The van der Waals surface area contributed by atoms with Gasteiger partial charge < -0.3 is 20.0 Å². The number of nitrogens with one attached hydrogen (secondary N) is 1. The lowest BCUT2D eigenvalue weighted by Gasteiger charge is -2.49. The zero-order valence-electron chi connectivity index (χ0n) is 27.0. The summed E-state index contributed by atoms with van der Waals surface area (Å²) in [6.45, 7) is -0.365. The zero-order valence-corrected chi connectivity index (χ0v) is 30.9. The fourth-order valence-electron chi connectivity index (χ4n) is 5.47. The minimum absolute atomic E-state index is 0.00126. The molecule has 2 aliphatic heterocycles. The van der Waals surface area contributed by atoms with Gasteiger partial charge in [-0.15, -0.1) is 35.3 Å². The van der Waals surface area contributed by atoms with Gasteiger partial charge in [0.2, 0.25) is 18.2 Å². The number of hydrogen-bond acceptors (Lipinski definition) is 11. The van der Waals surface area contributed by atoms with Crippen LogP contribution in [0.3, 0.4) is 0 Å². The van der Waals surface area contributed by atoms with Crippen LogP contribution in [0.15, 0.2) is 118 Å². The van der Waals surface area contributed by atoms with E-state index in [9.17, 15) is 29.1 Å². The second-order valence-electron chi connectivity index (χ2n) is 11.5. The van der Waals surface area contributed by atoms with E-state index in [1.165, 1.54) is 44.8 Å². The average molecular weight is 796 g/mol. The quantitative estimate of drug-likeness (QED) is 0.0495. The summed E-state index contributed by atoms with van der Waals surface area (Å²) < 4.78 is 7.65. The number of carboxylic acids is 1. The average Bonchev–Trinajstić information content (AvgIpc) is 3.14. The van der Waals surface area contributed by atoms with Gasteiger partial charge in [-0.25, -0.2) is 9.78 Å². The van der Waals surface area contributed by atoms with Crippen molar-refractivity contribution in [1.82, 2.24) is 15.2 Å². The van der Waals surface area contributed by atoms with Gasteiger partial charge in [0.25, 0.3) is 5.91 Å². The van der Waals surface area contributed by atoms with Crippen molar-refractivity contribution in [2.24, 2.45) is 0 Å². The summed E-state index contributed by atoms with van der Waals surface area (Å²) in [5, 5.41) is 13.5. The molecule has 2 aromatic heterocycles. The van der Waals surface area contributed by atoms with E-state index in [4.69, 9.17) is 27.9 Å². The molecule has 0 bridgehead atoms. The van der Waals surface area contributed by atoms with Crippen molar-refractivity contribution < 1.29 is 38.4 Å². The molecular weight excluding hydrogens is 768 g/mol. The molecule has 2 atom stereocenters. The van der Waals surface area contributed by atoms with Crippen molar-refractivity contribution in [1.29, 1.82) is 0 Å². The number of aromatic nitrogens is 2. The number of benzene rings is 2. The fraction of sp³-hybridized carbons (Fsp3) is 0.194. The molecule has 11 nitrogen and oxygen atoms in total. The molecule has 1 N–H and O–H groups in total. The first-order valence-corrected chi connectivity index (χ1v) is 19.4. The number of rotatable bonds is 14. The van der Waals surface area contributed by atoms with Gasteiger partial charge in [0.1, 0.15) is 33.4 Å². The molecule has 16 heteroatoms. The number of carboxylic acid groups (broad SMARTS) is 1. The summed E-state index contributed by atoms with van der Waals surface area (Å²) in [4.78, 5) is 70.1. The predicted molar refractivity (Wildman–Crippen MR) is 195 cm³/mol. The summed E-state index contributed by atoms with van der Waals surface area (Å²) in [6, 6.07) is 24.4. The van der Waals surface area contributed by atoms with Crippen LogP contribution in [0.25, 0.3) is 0 Å². The smallest absolute Gasteiger partial charge is 0.356 e. The number of carbonyl (C=O) groups excluding carboxylic acids is 5. The van der Waals surface area contributed by atoms with Gasteiger partial charge in [-0.2, -0.15) is 4.57 Å². The Labute approximate surface area is 321 Å². The number of pyridine rings is 2. The Morgan fingerprint density at radius 2 is 1.56 bits per heavy atom. The maximum atomic E-state index is 14.3. The molecule has 0 spiro atoms. The molecule has 2 aromatic carbocycles. The highest BCUT2D eigenvalue weighted by Gasteiger charge is 2.54. The zero-order chi connectivity index (χ0) is 36.8. The molecule has 1 saturated heterocycles. The lowest BCUT2D eigenvalue weighted by molar-refractivity contribution is -0.684. The second-order valence-corrected chi connectivity index (χ2v) is 15.4. The Morgan fingerprint density at radius 1 is 0.942 bits per heavy atom. The van der Waals surface area contributed by atoms with Gasteiger partial charge in [-0.05, 0) is 28.8 Å². The molecular formula is C36H28Cl2N4O7S3. The van der Waals surface area contributed by atoms with Gasteiger partial charge in [-0.3, -0.25) is 19.3 Å². The predicted octanol–water partition coefficient (Wildman–Crippen LogP) is 3.87. The van der Waals surface area contributed by atoms with Crippen molar-refractivity contribution >= 4 is 88.0 Å². The lowest BCUT2D eigenvalue weighted by atomic mass is 10.0. The Kier molecular flexibility index (Phi) is 12.2. The number of β-lactam (4-membered cyclic amide) rings is 1. The number of Topliss-reactive ketones (excluding diaryl/α,β-unsaturated/α-hetero) is 1. The van der Waals surface area contributed by atoms with Crippen LogP contribution < -0.4 is 15.0 Å². The molecule has 266 valence electrons. The van der Waals surface area contributed by atoms with E-state index < -0.39 is 41.1 Å². The summed E-state index contributed by atoms with van der Waals surface area (Å²) in [5.74, 6) is -3.59. The molecule has 6 rings (SSSR count). The summed E-state index contributed by atoms with van der Waals surface area (Å²) in [5.41, 5.74) is 2.30. The van der Waals surface area contributed by atoms with Crippen molar-refractivity contribution in [2.45, 2.75) is 33.9 Å². The third-order valence-electron chi connectivity index (χ3n) is 7.92. The molecule has 0 saturated carbocycles. The van der Waals surface area contributed by atoms with Gasteiger partial charge in [0, 0.05) is 33.4 Å². The topological polar surface area (TPSA) is 150 Å². The number of carbonyl (C=O) groups is 5. The maximum absolute atomic E-state index is 14.3. The van der Waals surface area contributed by atoms with Gasteiger partial charge in [0.05, 0.1) is 5.75 Å². The van der Waals surface area contributed by atoms with Crippen molar-refractivity contribution in [3.63, 3.8) is 0 Å². The van der Waals surface area contributed by atoms with E-state index in [0.29, 0.717) is 22.0 Å². The van der Waals surface area contributed by atoms with Crippen LogP contribution in [0.2, 0.25) is 10.3 Å². The number of ether oxygens (including phenoxy) is 1. The first kappa shape index (κ1) is 37.4. The van der Waals surface area contributed by atoms with Gasteiger partial charge in [-0.1, -0.05) is 83.9 Å². The molecule has 0 radical (unpaired) electrons. The Balaban J connectivity index is 1.22. The number of amides is 2. The summed E-state index contributed by atoms with van der Waals surface area (Å²) >= 11 is 16.0. The van der Waals surface area contributed by atoms with Crippen LogP contribution >= 0.6 is 58.5 Å². The van der Waals surface area contributed by atoms with E-state index in [1.54, 1.807) is 36.7 Å². The molecule has 1 fully saturated rings. The molecule has 52 heavy (non-hydrogen) atoms. The van der Waals surface area contributed by atoms with Crippen LogP contribution in [0, 0.1) is 0 Å². The fourth-order valence-corrected chi connectivity index (χ4v) is 9.20. The van der Waals surface area contributed by atoms with Gasteiger partial charge >= 0.3 is 5.97 Å². The minimum Gasteiger partial charge on any atom is -0.542 e. The molecule has 0 unspecified atom stereocenters. The number of halogens is 2. The van der Waals surface area contributed by atoms with Crippen LogP contribution in [-0.4, -0.2) is 68.1 Å². The van der Waals surface area contributed by atoms with Gasteiger partial charge in [0.15, 0.2) is 18.5 Å². The van der Waals surface area contributed by atoms with Crippen LogP contribution in [0.5, 0.6) is 0 Å². The first-order chi connectivity index (χ1) is 25.1. The summed E-state index contributed by atoms with van der Waals surface area (Å²) in [6.07, 6.45) is 2.40. The monoisotopic (exact) mass is 794 g/mol. The summed E-state index contributed by atoms with van der Waals surface area (Å²) in [7, 11) is 0. The van der Waals surface area contributed by atoms with Crippen molar-refractivity contribution in [3.8, 4) is 0 Å². The number of ketones is 1. The standard InChI is InChI=1S/C36H28Cl2N4O7S3/c37-27-15-25(16-28(38)39-27)51-20-29(44)40-30-33(45)42-31(36(48)49-32(21-7-3-1-4-8-21)22-9-5-2-6-10-22)23(19-52-34(30)42)18-50-24-11-13-41(14-12-24)17-26(43)35(46)47/h1-16,30,32,34H,17-20H2,(H-,40,44,46,47)/t30-,34-/m1/s1. The van der Waals surface area contributed by atoms with E-state index in [1.807, 2.05) is 60.7 Å². The molecule has 4 heterocycles. The maximum Gasteiger partial charge on any atom is 0.356 e. The Bertz CT molecular complexity index is 1980. The molecule has 2 aliphatic rings. The van der Waals surface area contributed by atoms with Crippen LogP contribution in [0.4, 0.5) is 0 Å². The number of hydrogen-bond donors (Lipinski definition) is 1. The second kappa shape index (κ2) is 17.0. The highest BCUT2D eigenvalue weighted by molar-refractivity contribution is 8.01. The Hall–Kier alpha value is -4.34. The third kappa shape index (κ3) is 8.99. The lowest BCUT2D eigenvalue weighted by Crippen LogP contribution is -2.70. The largest absolute Gasteiger partial charge is 0.542 e. The molecule has 2 amide bonds. The molecule has 0 aliphatic carbocycles. The molecule has 4 aromatic rings. The van der Waals surface area contributed by atoms with Crippen molar-refractivity contribution in [3.05, 3.63) is 130 Å². The van der Waals surface area contributed by atoms with Crippen molar-refractivity contribution in [2.75, 3.05) is 17.3 Å². The van der Waals surface area contributed by atoms with E-state index in [2.05, 4.69) is 10.3 Å². The third-order valence-corrected chi connectivity index (χ3v) is 11.7. The number of thioether (sulfide) groups is 3. The highest BCUT2D eigenvalue weighted by Crippen LogP contribution is 2.43. The minimum atomic E-state index is -1.76. The van der Waals surface area contributed by atoms with E-state index in [-0.39, 0.29) is 34.2 Å². The number of nitrogens with zero attached hydrogens (tertiary/aromatic N) is 3. The van der Waals surface area contributed by atoms with E-state index >= 15 is 0 Å². The Morgan fingerprint density at radius 3 is 2.15 bits per heavy atom. The number of aliphatic carboxylic acids is 1. The van der Waals surface area contributed by atoms with Crippen LogP contribution in [-0.2, 0) is 35.3 Å².